The molecule has 0 saturated carbocycles. The average molecular weight is 203 g/mol. The van der Waals surface area contributed by atoms with Crippen molar-refractivity contribution < 1.29 is 0 Å². The Labute approximate surface area is 85.2 Å². The van der Waals surface area contributed by atoms with Gasteiger partial charge >= 0.3 is 0 Å². The molecule has 0 saturated heterocycles. The molecule has 2 heterocycles. The van der Waals surface area contributed by atoms with Gasteiger partial charge in [0.1, 0.15) is 5.69 Å². The first-order valence-electron chi connectivity index (χ1n) is 4.36. The highest BCUT2D eigenvalue weighted by Crippen LogP contribution is 2.06. The molecule has 0 radical (unpaired) electrons. The van der Waals surface area contributed by atoms with Gasteiger partial charge in [-0.25, -0.2) is 9.97 Å². The van der Waals surface area contributed by atoms with Gasteiger partial charge < -0.3 is 10.7 Å². The second kappa shape index (κ2) is 3.97. The number of nitrogens with one attached hydrogen (secondary N) is 1. The molecule has 0 aliphatic heterocycles. The lowest BCUT2D eigenvalue weighted by atomic mass is 10.3. The highest BCUT2D eigenvalue weighted by molar-refractivity contribution is 5.46. The fraction of sp³-hybridized carbons (Fsp3) is 0.111. The van der Waals surface area contributed by atoms with E-state index in [0.29, 0.717) is 17.1 Å². The van der Waals surface area contributed by atoms with Gasteiger partial charge in [-0.3, -0.25) is 9.78 Å². The van der Waals surface area contributed by atoms with E-state index in [4.69, 9.17) is 5.73 Å². The van der Waals surface area contributed by atoms with Crippen LogP contribution in [0.25, 0.3) is 11.5 Å². The van der Waals surface area contributed by atoms with Crippen LogP contribution in [-0.2, 0) is 6.54 Å². The number of hydrogen-bond donors (Lipinski definition) is 2. The van der Waals surface area contributed by atoms with Crippen LogP contribution >= 0.6 is 0 Å². The van der Waals surface area contributed by atoms with E-state index in [-0.39, 0.29) is 12.1 Å². The van der Waals surface area contributed by atoms with Crippen molar-refractivity contribution >= 4 is 0 Å². The molecule has 0 bridgehead atoms. The van der Waals surface area contributed by atoms with Crippen molar-refractivity contribution in [3.05, 3.63) is 40.7 Å². The quantitative estimate of drug-likeness (QED) is 0.697. The van der Waals surface area contributed by atoms with E-state index in [0.717, 1.165) is 0 Å². The summed E-state index contributed by atoms with van der Waals surface area (Å²) in [6, 6.07) is 0. The zero-order chi connectivity index (χ0) is 10.7. The van der Waals surface area contributed by atoms with Gasteiger partial charge in [-0.05, 0) is 0 Å². The van der Waals surface area contributed by atoms with Crippen LogP contribution in [0.5, 0.6) is 0 Å². The third kappa shape index (κ3) is 1.89. The molecule has 76 valence electrons. The second-order valence-electron chi connectivity index (χ2n) is 2.88. The number of aromatic amines is 1. The molecule has 0 aromatic carbocycles. The van der Waals surface area contributed by atoms with Crippen LogP contribution in [0.1, 0.15) is 5.56 Å². The zero-order valence-electron chi connectivity index (χ0n) is 7.84. The van der Waals surface area contributed by atoms with E-state index >= 15 is 0 Å². The summed E-state index contributed by atoms with van der Waals surface area (Å²) < 4.78 is 0. The molecular formula is C9H9N5O. The average Bonchev–Trinajstić information content (AvgIpc) is 2.30. The first kappa shape index (κ1) is 9.47. The van der Waals surface area contributed by atoms with E-state index < -0.39 is 0 Å². The van der Waals surface area contributed by atoms with Crippen LogP contribution in [0.2, 0.25) is 0 Å². The topological polar surface area (TPSA) is 97.5 Å². The van der Waals surface area contributed by atoms with Gasteiger partial charge in [-0.2, -0.15) is 0 Å². The van der Waals surface area contributed by atoms with Crippen molar-refractivity contribution in [2.24, 2.45) is 5.73 Å². The largest absolute Gasteiger partial charge is 0.326 e. The van der Waals surface area contributed by atoms with E-state index in [1.807, 2.05) is 0 Å². The molecule has 0 unspecified atom stereocenters. The summed E-state index contributed by atoms with van der Waals surface area (Å²) in [7, 11) is 0. The van der Waals surface area contributed by atoms with Crippen molar-refractivity contribution in [2.45, 2.75) is 6.54 Å². The maximum atomic E-state index is 11.4. The Kier molecular flexibility index (Phi) is 2.51. The molecule has 2 rings (SSSR count). The maximum absolute atomic E-state index is 11.4. The van der Waals surface area contributed by atoms with Crippen molar-refractivity contribution in [1.29, 1.82) is 0 Å². The molecule has 2 aromatic heterocycles. The summed E-state index contributed by atoms with van der Waals surface area (Å²) in [6.45, 7) is 0.170. The summed E-state index contributed by atoms with van der Waals surface area (Å²) in [5, 5.41) is 0. The molecule has 15 heavy (non-hydrogen) atoms. The van der Waals surface area contributed by atoms with E-state index in [1.165, 1.54) is 18.6 Å². The number of aromatic nitrogens is 4. The molecular weight excluding hydrogens is 194 g/mol. The van der Waals surface area contributed by atoms with Crippen LogP contribution in [0.15, 0.2) is 29.6 Å². The summed E-state index contributed by atoms with van der Waals surface area (Å²) in [4.78, 5) is 26.0. The van der Waals surface area contributed by atoms with Crippen LogP contribution in [0.4, 0.5) is 0 Å². The lowest BCUT2D eigenvalue weighted by molar-refractivity contribution is 0.972. The summed E-state index contributed by atoms with van der Waals surface area (Å²) in [5.41, 5.74) is 6.08. The Morgan fingerprint density at radius 3 is 2.73 bits per heavy atom. The van der Waals surface area contributed by atoms with Gasteiger partial charge in [0, 0.05) is 30.7 Å². The highest BCUT2D eigenvalue weighted by Gasteiger charge is 2.03. The fourth-order valence-electron chi connectivity index (χ4n) is 1.12. The van der Waals surface area contributed by atoms with Crippen molar-refractivity contribution in [1.82, 2.24) is 19.9 Å². The highest BCUT2D eigenvalue weighted by atomic mass is 16.1. The molecule has 0 atom stereocenters. The number of rotatable bonds is 2. The van der Waals surface area contributed by atoms with E-state index in [2.05, 4.69) is 19.9 Å². The van der Waals surface area contributed by atoms with Crippen molar-refractivity contribution in [3.8, 4) is 11.5 Å². The fourth-order valence-corrected chi connectivity index (χ4v) is 1.12. The van der Waals surface area contributed by atoms with Gasteiger partial charge in [0.05, 0.1) is 6.20 Å². The number of nitrogens with zero attached hydrogens (tertiary/aromatic N) is 3. The number of nitrogens with two attached hydrogens (primary N) is 1. The van der Waals surface area contributed by atoms with Gasteiger partial charge in [-0.1, -0.05) is 0 Å². The molecule has 0 aliphatic rings. The first-order valence-corrected chi connectivity index (χ1v) is 4.36. The summed E-state index contributed by atoms with van der Waals surface area (Å²) in [5.74, 6) is 0.394. The Morgan fingerprint density at radius 2 is 2.13 bits per heavy atom. The molecule has 0 fully saturated rings. The number of hydrogen-bond acceptors (Lipinski definition) is 5. The minimum atomic E-state index is -0.242. The number of H-pyrrole nitrogens is 1. The Bertz CT molecular complexity index is 507. The van der Waals surface area contributed by atoms with E-state index in [9.17, 15) is 4.79 Å². The lowest BCUT2D eigenvalue weighted by Gasteiger charge is -1.99. The van der Waals surface area contributed by atoms with Gasteiger partial charge in [0.15, 0.2) is 5.82 Å². The third-order valence-corrected chi connectivity index (χ3v) is 1.90. The Balaban J connectivity index is 2.48. The smallest absolute Gasteiger partial charge is 0.255 e. The monoisotopic (exact) mass is 203 g/mol. The SMILES string of the molecule is NCc1cnc(-c2cnccn2)[nH]c1=O. The standard InChI is InChI=1S/C9H9N5O/c10-3-6-4-13-8(14-9(6)15)7-5-11-1-2-12-7/h1-2,4-5H,3,10H2,(H,13,14,15). The molecule has 0 aliphatic carbocycles. The lowest BCUT2D eigenvalue weighted by Crippen LogP contribution is -2.17. The molecule has 3 N–H and O–H groups in total. The van der Waals surface area contributed by atoms with Crippen LogP contribution < -0.4 is 11.3 Å². The Morgan fingerprint density at radius 1 is 1.27 bits per heavy atom. The zero-order valence-corrected chi connectivity index (χ0v) is 7.84. The molecule has 6 heteroatoms. The van der Waals surface area contributed by atoms with Gasteiger partial charge in [-0.15, -0.1) is 0 Å². The second-order valence-corrected chi connectivity index (χ2v) is 2.88. The molecule has 6 nitrogen and oxygen atoms in total. The normalized spacial score (nSPS) is 10.2. The molecule has 0 spiro atoms. The maximum Gasteiger partial charge on any atom is 0.255 e. The predicted octanol–water partition coefficient (Wildman–Crippen LogP) is -0.314. The van der Waals surface area contributed by atoms with Gasteiger partial charge in [0.25, 0.3) is 5.56 Å². The minimum absolute atomic E-state index is 0.170. The predicted molar refractivity (Wildman–Crippen MR) is 53.8 cm³/mol. The van der Waals surface area contributed by atoms with Crippen LogP contribution in [0.3, 0.4) is 0 Å². The van der Waals surface area contributed by atoms with Crippen LogP contribution in [-0.4, -0.2) is 19.9 Å². The van der Waals surface area contributed by atoms with Crippen LogP contribution in [0, 0.1) is 0 Å². The van der Waals surface area contributed by atoms with Gasteiger partial charge in [0.2, 0.25) is 0 Å². The third-order valence-electron chi connectivity index (χ3n) is 1.90. The summed E-state index contributed by atoms with van der Waals surface area (Å²) in [6.07, 6.45) is 6.06. The van der Waals surface area contributed by atoms with Crippen molar-refractivity contribution in [3.63, 3.8) is 0 Å². The Hall–Kier alpha value is -2.08. The van der Waals surface area contributed by atoms with Crippen molar-refractivity contribution in [2.75, 3.05) is 0 Å². The van der Waals surface area contributed by atoms with E-state index in [1.54, 1.807) is 6.20 Å². The molecule has 0 amide bonds. The first-order chi connectivity index (χ1) is 7.31. The summed E-state index contributed by atoms with van der Waals surface area (Å²) >= 11 is 0. The minimum Gasteiger partial charge on any atom is -0.326 e. The molecule has 2 aromatic rings.